The molecule has 15 heavy (non-hydrogen) atoms. The number of rotatable bonds is 3. The van der Waals surface area contributed by atoms with Crippen molar-refractivity contribution >= 4 is 21.6 Å². The van der Waals surface area contributed by atoms with Crippen LogP contribution in [0.2, 0.25) is 0 Å². The Morgan fingerprint density at radius 1 is 1.47 bits per heavy atom. The summed E-state index contributed by atoms with van der Waals surface area (Å²) >= 11 is 3.39. The molecular formula is C11H14BrNO2. The highest BCUT2D eigenvalue weighted by Crippen LogP contribution is 2.33. The molecule has 82 valence electrons. The second kappa shape index (κ2) is 4.31. The SMILES string of the molecule is Cc1ccc([N+](=O)[O-])c(C(C)(C)CBr)c1. The fraction of sp³-hybridized carbons (Fsp3) is 0.455. The van der Waals surface area contributed by atoms with E-state index in [0.717, 1.165) is 11.1 Å². The predicted molar refractivity (Wildman–Crippen MR) is 64.7 cm³/mol. The number of benzene rings is 1. The van der Waals surface area contributed by atoms with Crippen LogP contribution in [0.5, 0.6) is 0 Å². The van der Waals surface area contributed by atoms with Crippen molar-refractivity contribution in [2.75, 3.05) is 5.33 Å². The first-order chi connectivity index (χ1) is 6.88. The first-order valence-electron chi connectivity index (χ1n) is 4.70. The summed E-state index contributed by atoms with van der Waals surface area (Å²) in [4.78, 5) is 10.6. The summed E-state index contributed by atoms with van der Waals surface area (Å²) in [6.45, 7) is 5.92. The lowest BCUT2D eigenvalue weighted by Crippen LogP contribution is -2.20. The maximum absolute atomic E-state index is 10.9. The molecule has 0 spiro atoms. The number of hydrogen-bond donors (Lipinski definition) is 0. The van der Waals surface area contributed by atoms with Gasteiger partial charge in [-0.2, -0.15) is 0 Å². The molecule has 1 aromatic carbocycles. The third-order valence-corrected chi connectivity index (χ3v) is 3.81. The normalized spacial score (nSPS) is 11.5. The average Bonchev–Trinajstić information content (AvgIpc) is 2.17. The van der Waals surface area contributed by atoms with E-state index in [-0.39, 0.29) is 16.0 Å². The van der Waals surface area contributed by atoms with Crippen molar-refractivity contribution in [1.29, 1.82) is 0 Å². The molecule has 0 fully saturated rings. The smallest absolute Gasteiger partial charge is 0.258 e. The molecular weight excluding hydrogens is 258 g/mol. The van der Waals surface area contributed by atoms with Crippen LogP contribution in [0.3, 0.4) is 0 Å². The number of aryl methyl sites for hydroxylation is 1. The first-order valence-corrected chi connectivity index (χ1v) is 5.82. The number of halogens is 1. The summed E-state index contributed by atoms with van der Waals surface area (Å²) < 4.78 is 0. The Balaban J connectivity index is 3.37. The van der Waals surface area contributed by atoms with Gasteiger partial charge in [-0.15, -0.1) is 0 Å². The first kappa shape index (κ1) is 12.2. The Hall–Kier alpha value is -0.900. The average molecular weight is 272 g/mol. The summed E-state index contributed by atoms with van der Waals surface area (Å²) in [7, 11) is 0. The number of nitro benzene ring substituents is 1. The predicted octanol–water partition coefficient (Wildman–Crippen LogP) is 3.58. The Labute approximate surface area is 97.8 Å². The highest BCUT2D eigenvalue weighted by atomic mass is 79.9. The van der Waals surface area contributed by atoms with Crippen LogP contribution in [0, 0.1) is 17.0 Å². The van der Waals surface area contributed by atoms with E-state index in [1.54, 1.807) is 12.1 Å². The van der Waals surface area contributed by atoms with E-state index in [0.29, 0.717) is 5.33 Å². The lowest BCUT2D eigenvalue weighted by atomic mass is 9.85. The van der Waals surface area contributed by atoms with Gasteiger partial charge in [0, 0.05) is 22.4 Å². The van der Waals surface area contributed by atoms with E-state index in [2.05, 4.69) is 15.9 Å². The number of nitro groups is 1. The third-order valence-electron chi connectivity index (χ3n) is 2.41. The van der Waals surface area contributed by atoms with Gasteiger partial charge in [-0.05, 0) is 13.0 Å². The zero-order chi connectivity index (χ0) is 11.6. The molecule has 0 N–H and O–H groups in total. The van der Waals surface area contributed by atoms with E-state index in [1.165, 1.54) is 0 Å². The largest absolute Gasteiger partial charge is 0.273 e. The van der Waals surface area contributed by atoms with Gasteiger partial charge in [-0.1, -0.05) is 41.4 Å². The van der Waals surface area contributed by atoms with Crippen molar-refractivity contribution in [1.82, 2.24) is 0 Å². The van der Waals surface area contributed by atoms with Crippen molar-refractivity contribution in [2.45, 2.75) is 26.2 Å². The van der Waals surface area contributed by atoms with Crippen molar-refractivity contribution < 1.29 is 4.92 Å². The van der Waals surface area contributed by atoms with Gasteiger partial charge in [0.1, 0.15) is 0 Å². The van der Waals surface area contributed by atoms with Crippen molar-refractivity contribution in [3.63, 3.8) is 0 Å². The fourth-order valence-corrected chi connectivity index (χ4v) is 1.73. The summed E-state index contributed by atoms with van der Waals surface area (Å²) in [5, 5.41) is 11.6. The van der Waals surface area contributed by atoms with E-state index >= 15 is 0 Å². The second-order valence-electron chi connectivity index (χ2n) is 4.30. The highest BCUT2D eigenvalue weighted by molar-refractivity contribution is 9.09. The van der Waals surface area contributed by atoms with Crippen LogP contribution < -0.4 is 0 Å². The van der Waals surface area contributed by atoms with Crippen LogP contribution in [0.4, 0.5) is 5.69 Å². The van der Waals surface area contributed by atoms with Gasteiger partial charge >= 0.3 is 0 Å². The molecule has 0 radical (unpaired) electrons. The molecule has 0 saturated carbocycles. The van der Waals surface area contributed by atoms with Gasteiger partial charge in [0.25, 0.3) is 5.69 Å². The zero-order valence-electron chi connectivity index (χ0n) is 9.08. The zero-order valence-corrected chi connectivity index (χ0v) is 10.7. The van der Waals surface area contributed by atoms with Crippen LogP contribution in [-0.2, 0) is 5.41 Å². The fourth-order valence-electron chi connectivity index (χ4n) is 1.42. The van der Waals surface area contributed by atoms with Gasteiger partial charge in [0.2, 0.25) is 0 Å². The van der Waals surface area contributed by atoms with Crippen LogP contribution in [-0.4, -0.2) is 10.3 Å². The summed E-state index contributed by atoms with van der Waals surface area (Å²) in [5.41, 5.74) is 1.80. The standard InChI is InChI=1S/C11H14BrNO2/c1-8-4-5-10(13(14)15)9(6-8)11(2,3)7-12/h4-6H,7H2,1-3H3. The Morgan fingerprint density at radius 3 is 2.53 bits per heavy atom. The Kier molecular flexibility index (Phi) is 3.50. The van der Waals surface area contributed by atoms with Gasteiger partial charge in [-0.25, -0.2) is 0 Å². The molecule has 0 amide bonds. The molecule has 4 heteroatoms. The van der Waals surface area contributed by atoms with Crippen molar-refractivity contribution in [3.8, 4) is 0 Å². The van der Waals surface area contributed by atoms with Gasteiger partial charge in [0.15, 0.2) is 0 Å². The van der Waals surface area contributed by atoms with Crippen LogP contribution in [0.15, 0.2) is 18.2 Å². The minimum atomic E-state index is -0.320. The Bertz CT molecular complexity index is 388. The van der Waals surface area contributed by atoms with E-state index in [4.69, 9.17) is 0 Å². The maximum atomic E-state index is 10.9. The molecule has 0 aliphatic carbocycles. The van der Waals surface area contributed by atoms with Crippen LogP contribution in [0.25, 0.3) is 0 Å². The molecule has 3 nitrogen and oxygen atoms in total. The molecule has 0 aliphatic heterocycles. The van der Waals surface area contributed by atoms with Gasteiger partial charge in [-0.3, -0.25) is 10.1 Å². The number of nitrogens with zero attached hydrogens (tertiary/aromatic N) is 1. The molecule has 0 saturated heterocycles. The van der Waals surface area contributed by atoms with E-state index < -0.39 is 0 Å². The lowest BCUT2D eigenvalue weighted by molar-refractivity contribution is -0.386. The maximum Gasteiger partial charge on any atom is 0.273 e. The van der Waals surface area contributed by atoms with E-state index in [9.17, 15) is 10.1 Å². The molecule has 1 aromatic rings. The van der Waals surface area contributed by atoms with Crippen molar-refractivity contribution in [3.05, 3.63) is 39.4 Å². The van der Waals surface area contributed by atoms with Gasteiger partial charge < -0.3 is 0 Å². The topological polar surface area (TPSA) is 43.1 Å². The molecule has 0 aliphatic rings. The summed E-state index contributed by atoms with van der Waals surface area (Å²) in [6, 6.07) is 5.24. The minimum Gasteiger partial charge on any atom is -0.258 e. The number of alkyl halides is 1. The van der Waals surface area contributed by atoms with Crippen molar-refractivity contribution in [2.24, 2.45) is 0 Å². The van der Waals surface area contributed by atoms with Gasteiger partial charge in [0.05, 0.1) is 4.92 Å². The monoisotopic (exact) mass is 271 g/mol. The summed E-state index contributed by atoms with van der Waals surface area (Å²) in [5.74, 6) is 0. The minimum absolute atomic E-state index is 0.199. The highest BCUT2D eigenvalue weighted by Gasteiger charge is 2.27. The third kappa shape index (κ3) is 2.56. The molecule has 0 atom stereocenters. The molecule has 1 rings (SSSR count). The summed E-state index contributed by atoms with van der Waals surface area (Å²) in [6.07, 6.45) is 0. The quantitative estimate of drug-likeness (QED) is 0.479. The molecule has 0 aromatic heterocycles. The van der Waals surface area contributed by atoms with Crippen LogP contribution in [0.1, 0.15) is 25.0 Å². The number of hydrogen-bond acceptors (Lipinski definition) is 2. The lowest BCUT2D eigenvalue weighted by Gasteiger charge is -2.22. The molecule has 0 heterocycles. The molecule has 0 unspecified atom stereocenters. The Morgan fingerprint density at radius 2 is 2.07 bits per heavy atom. The van der Waals surface area contributed by atoms with Crippen LogP contribution >= 0.6 is 15.9 Å². The van der Waals surface area contributed by atoms with E-state index in [1.807, 2.05) is 26.8 Å². The second-order valence-corrected chi connectivity index (χ2v) is 4.86. The molecule has 0 bridgehead atoms.